The van der Waals surface area contributed by atoms with Crippen LogP contribution in [-0.2, 0) is 14.3 Å². The topological polar surface area (TPSA) is 59.5 Å². The number of aromatic nitrogens is 1. The average Bonchev–Trinajstić information content (AvgIpc) is 2.80. The smallest absolute Gasteiger partial charge is 0.303 e. The maximum atomic E-state index is 11.4. The van der Waals surface area contributed by atoms with Crippen LogP contribution in [-0.4, -0.2) is 42.5 Å². The summed E-state index contributed by atoms with van der Waals surface area (Å²) in [5, 5.41) is 2.74. The van der Waals surface area contributed by atoms with Crippen molar-refractivity contribution in [1.82, 2.24) is 9.79 Å². The van der Waals surface area contributed by atoms with Crippen LogP contribution < -0.4 is 0 Å². The summed E-state index contributed by atoms with van der Waals surface area (Å²) in [6.07, 6.45) is 0.991. The number of rotatable bonds is 8. The third-order valence-electron chi connectivity index (χ3n) is 3.26. The van der Waals surface area contributed by atoms with Crippen LogP contribution in [0.25, 0.3) is 0 Å². The van der Waals surface area contributed by atoms with Gasteiger partial charge in [0.05, 0.1) is 6.19 Å². The number of ether oxygens (including phenoxy) is 1. The largest absolute Gasteiger partial charge is 0.455 e. The Morgan fingerprint density at radius 2 is 2.24 bits per heavy atom. The van der Waals surface area contributed by atoms with Gasteiger partial charge in [-0.05, 0) is 19.9 Å². The fraction of sp³-hybridized carbons (Fsp3) is 0.643. The Bertz CT molecular complexity index is 479. The third kappa shape index (κ3) is 5.59. The molecule has 0 spiro atoms. The fourth-order valence-corrected chi connectivity index (χ4v) is 3.09. The Labute approximate surface area is 131 Å². The fourth-order valence-electron chi connectivity index (χ4n) is 2.25. The summed E-state index contributed by atoms with van der Waals surface area (Å²) >= 11 is 1.49. The summed E-state index contributed by atoms with van der Waals surface area (Å²) in [4.78, 5) is 28.3. The molecule has 0 fully saturated rings. The normalized spacial score (nSPS) is 14.0. The molecule has 7 heteroatoms. The van der Waals surface area contributed by atoms with Crippen LogP contribution in [0, 0.1) is 12.8 Å². The molecule has 0 N–H and O–H groups in total. The minimum absolute atomic E-state index is 0.0868. The van der Waals surface area contributed by atoms with Crippen LogP contribution in [0.1, 0.15) is 44.0 Å². The van der Waals surface area contributed by atoms with E-state index in [9.17, 15) is 9.59 Å². The van der Waals surface area contributed by atoms with Gasteiger partial charge in [-0.1, -0.05) is 13.8 Å². The highest BCUT2D eigenvalue weighted by Crippen LogP contribution is 2.29. The van der Waals surface area contributed by atoms with E-state index in [2.05, 4.69) is 18.8 Å². The van der Waals surface area contributed by atoms with E-state index >= 15 is 0 Å². The van der Waals surface area contributed by atoms with Crippen molar-refractivity contribution in [1.29, 1.82) is 0 Å². The highest BCUT2D eigenvalue weighted by atomic mass is 32.1. The van der Waals surface area contributed by atoms with Crippen LogP contribution in [0.4, 0.5) is 0 Å². The standard InChI is InChI=1S/C14H22BN2O3S/c1-9(2)12(17(5)15-8-18)6-13(20-11(4)19)14-16-10(3)7-21-14/h7-9,12-13H,6H2,1-5H3/t12-,13-/m0/s1. The molecule has 2 atom stereocenters. The van der Waals surface area contributed by atoms with E-state index in [0.29, 0.717) is 12.3 Å². The van der Waals surface area contributed by atoms with Gasteiger partial charge in [-0.2, -0.15) is 0 Å². The first-order valence-electron chi connectivity index (χ1n) is 6.95. The predicted molar refractivity (Wildman–Crippen MR) is 84.9 cm³/mol. The molecule has 1 aromatic heterocycles. The average molecular weight is 309 g/mol. The molecule has 5 nitrogen and oxygen atoms in total. The van der Waals surface area contributed by atoms with Crippen molar-refractivity contribution >= 4 is 30.9 Å². The Hall–Kier alpha value is -1.21. The van der Waals surface area contributed by atoms with E-state index in [4.69, 9.17) is 4.74 Å². The van der Waals surface area contributed by atoms with Crippen LogP contribution in [0.3, 0.4) is 0 Å². The molecule has 0 aliphatic rings. The van der Waals surface area contributed by atoms with Crippen LogP contribution in [0.5, 0.6) is 0 Å². The minimum atomic E-state index is -0.379. The predicted octanol–water partition coefficient (Wildman–Crippen LogP) is 2.21. The summed E-state index contributed by atoms with van der Waals surface area (Å²) in [5.74, 6) is -0.0114. The second-order valence-corrected chi connectivity index (χ2v) is 6.31. The lowest BCUT2D eigenvalue weighted by molar-refractivity contribution is -0.147. The van der Waals surface area contributed by atoms with Gasteiger partial charge in [0, 0.05) is 30.5 Å². The van der Waals surface area contributed by atoms with Crippen molar-refractivity contribution in [3.05, 3.63) is 16.1 Å². The van der Waals surface area contributed by atoms with Gasteiger partial charge in [-0.3, -0.25) is 4.79 Å². The summed E-state index contributed by atoms with van der Waals surface area (Å²) < 4.78 is 5.44. The van der Waals surface area contributed by atoms with Crippen molar-refractivity contribution < 1.29 is 14.3 Å². The summed E-state index contributed by atoms with van der Waals surface area (Å²) in [7, 11) is 3.36. The monoisotopic (exact) mass is 309 g/mol. The first-order valence-corrected chi connectivity index (χ1v) is 7.83. The number of hydrogen-bond acceptors (Lipinski definition) is 6. The molecule has 1 heterocycles. The number of esters is 1. The van der Waals surface area contributed by atoms with Crippen molar-refractivity contribution in [3.8, 4) is 0 Å². The number of nitrogens with zero attached hydrogens (tertiary/aromatic N) is 2. The Morgan fingerprint density at radius 1 is 1.57 bits per heavy atom. The van der Waals surface area contributed by atoms with E-state index in [0.717, 1.165) is 16.9 Å². The molecule has 1 radical (unpaired) electrons. The molecule has 1 aromatic rings. The lowest BCUT2D eigenvalue weighted by atomic mass is 9.86. The molecule has 1 rings (SSSR count). The molecule has 0 aromatic carbocycles. The van der Waals surface area contributed by atoms with E-state index < -0.39 is 0 Å². The number of aryl methyl sites for hydroxylation is 1. The highest BCUT2D eigenvalue weighted by Gasteiger charge is 2.27. The molecule has 0 amide bonds. The quantitative estimate of drug-likeness (QED) is 0.418. The van der Waals surface area contributed by atoms with Crippen molar-refractivity contribution in [2.24, 2.45) is 5.92 Å². The molecule has 0 bridgehead atoms. The van der Waals surface area contributed by atoms with Gasteiger partial charge in [0.2, 0.25) is 0 Å². The summed E-state index contributed by atoms with van der Waals surface area (Å²) in [6.45, 7) is 7.48. The maximum absolute atomic E-state index is 11.4. The summed E-state index contributed by atoms with van der Waals surface area (Å²) in [5.41, 5.74) is 0.918. The van der Waals surface area contributed by atoms with Crippen molar-refractivity contribution in [2.75, 3.05) is 7.05 Å². The van der Waals surface area contributed by atoms with Gasteiger partial charge in [-0.25, -0.2) is 4.98 Å². The number of carbonyl (C=O) groups is 2. The number of carbonyl (C=O) groups excluding carboxylic acids is 2. The molecule has 0 saturated carbocycles. The maximum Gasteiger partial charge on any atom is 0.303 e. The van der Waals surface area contributed by atoms with Gasteiger partial charge < -0.3 is 14.3 Å². The van der Waals surface area contributed by atoms with E-state index in [-0.39, 0.29) is 18.1 Å². The first kappa shape index (κ1) is 17.8. The lowest BCUT2D eigenvalue weighted by Crippen LogP contribution is -2.40. The molecule has 21 heavy (non-hydrogen) atoms. The number of thiazole rings is 1. The summed E-state index contributed by atoms with van der Waals surface area (Å²) in [6, 6.07) is 0.0868. The molecule has 0 saturated heterocycles. The van der Waals surface area contributed by atoms with Crippen LogP contribution in [0.2, 0.25) is 0 Å². The van der Waals surface area contributed by atoms with Crippen LogP contribution in [0.15, 0.2) is 5.38 Å². The molecule has 0 unspecified atom stereocenters. The third-order valence-corrected chi connectivity index (χ3v) is 4.32. The van der Waals surface area contributed by atoms with Gasteiger partial charge in [0.15, 0.2) is 6.10 Å². The highest BCUT2D eigenvalue weighted by molar-refractivity contribution is 7.09. The minimum Gasteiger partial charge on any atom is -0.455 e. The van der Waals surface area contributed by atoms with Crippen molar-refractivity contribution in [2.45, 2.75) is 46.3 Å². The lowest BCUT2D eigenvalue weighted by Gasteiger charge is -2.32. The zero-order chi connectivity index (χ0) is 16.0. The first-order chi connectivity index (χ1) is 9.85. The second-order valence-electron chi connectivity index (χ2n) is 5.42. The van der Waals surface area contributed by atoms with Gasteiger partial charge in [-0.15, -0.1) is 11.3 Å². The second kappa shape index (κ2) is 8.29. The van der Waals surface area contributed by atoms with E-state index in [1.807, 2.05) is 24.2 Å². The van der Waals surface area contributed by atoms with Gasteiger partial charge >= 0.3 is 5.97 Å². The molecular formula is C14H22BN2O3S. The zero-order valence-electron chi connectivity index (χ0n) is 13.2. The molecule has 0 aliphatic carbocycles. The van der Waals surface area contributed by atoms with Gasteiger partial charge in [0.1, 0.15) is 5.01 Å². The SMILES string of the molecule is CC(=O)O[C@@H](C[C@@H](C(C)C)N(C)[B]C=O)c1nc(C)cs1. The molecule has 115 valence electrons. The Kier molecular flexibility index (Phi) is 7.04. The molecular weight excluding hydrogens is 287 g/mol. The number of hydrogen-bond donors (Lipinski definition) is 0. The van der Waals surface area contributed by atoms with Gasteiger partial charge in [0.25, 0.3) is 7.41 Å². The van der Waals surface area contributed by atoms with E-state index in [1.54, 1.807) is 0 Å². The van der Waals surface area contributed by atoms with E-state index in [1.165, 1.54) is 25.7 Å². The Balaban J connectivity index is 2.91. The Morgan fingerprint density at radius 3 is 2.67 bits per heavy atom. The van der Waals surface area contributed by atoms with Crippen LogP contribution >= 0.6 is 11.3 Å². The van der Waals surface area contributed by atoms with Crippen molar-refractivity contribution in [3.63, 3.8) is 0 Å². The molecule has 0 aliphatic heterocycles. The zero-order valence-corrected chi connectivity index (χ0v) is 14.0.